The number of nitrogens with one attached hydrogen (secondary N) is 1. The van der Waals surface area contributed by atoms with Crippen LogP contribution in [0.1, 0.15) is 5.69 Å². The molecule has 2 aromatic rings. The fourth-order valence-electron chi connectivity index (χ4n) is 1.51. The SMILES string of the molecule is O=CN/C=C/c1nccc2c(O)cccc12. The van der Waals surface area contributed by atoms with Crippen molar-refractivity contribution < 1.29 is 9.90 Å². The summed E-state index contributed by atoms with van der Waals surface area (Å²) in [6, 6.07) is 6.99. The van der Waals surface area contributed by atoms with Crippen LogP contribution in [0.4, 0.5) is 0 Å². The third-order valence-corrected chi connectivity index (χ3v) is 2.22. The first-order valence-corrected chi connectivity index (χ1v) is 4.76. The van der Waals surface area contributed by atoms with Crippen LogP contribution in [0.15, 0.2) is 36.7 Å². The molecular formula is C12H10N2O2. The lowest BCUT2D eigenvalue weighted by Gasteiger charge is -2.02. The molecule has 80 valence electrons. The Labute approximate surface area is 92.2 Å². The molecule has 4 heteroatoms. The van der Waals surface area contributed by atoms with Crippen molar-refractivity contribution in [2.24, 2.45) is 0 Å². The van der Waals surface area contributed by atoms with Crippen molar-refractivity contribution >= 4 is 23.3 Å². The van der Waals surface area contributed by atoms with Gasteiger partial charge >= 0.3 is 0 Å². The highest BCUT2D eigenvalue weighted by atomic mass is 16.3. The van der Waals surface area contributed by atoms with Crippen molar-refractivity contribution in [2.45, 2.75) is 0 Å². The summed E-state index contributed by atoms with van der Waals surface area (Å²) < 4.78 is 0. The fraction of sp³-hybridized carbons (Fsp3) is 0. The van der Waals surface area contributed by atoms with E-state index in [1.165, 1.54) is 6.20 Å². The van der Waals surface area contributed by atoms with E-state index in [9.17, 15) is 9.90 Å². The average Bonchev–Trinajstić information content (AvgIpc) is 2.31. The van der Waals surface area contributed by atoms with Gasteiger partial charge in [-0.25, -0.2) is 0 Å². The molecule has 0 saturated heterocycles. The van der Waals surface area contributed by atoms with Crippen LogP contribution < -0.4 is 5.32 Å². The van der Waals surface area contributed by atoms with Gasteiger partial charge in [-0.1, -0.05) is 12.1 Å². The lowest BCUT2D eigenvalue weighted by atomic mass is 10.1. The van der Waals surface area contributed by atoms with Crippen molar-refractivity contribution in [3.05, 3.63) is 42.4 Å². The van der Waals surface area contributed by atoms with Crippen LogP contribution in [0.5, 0.6) is 5.75 Å². The Balaban J connectivity index is 2.54. The molecule has 0 spiro atoms. The maximum atomic E-state index is 10.1. The van der Waals surface area contributed by atoms with Crippen molar-refractivity contribution in [1.29, 1.82) is 0 Å². The summed E-state index contributed by atoms with van der Waals surface area (Å²) in [6.07, 6.45) is 5.37. The third kappa shape index (κ3) is 1.86. The number of carbonyl (C=O) groups excluding carboxylic acids is 1. The lowest BCUT2D eigenvalue weighted by Crippen LogP contribution is -1.98. The van der Waals surface area contributed by atoms with Gasteiger partial charge in [-0.15, -0.1) is 0 Å². The van der Waals surface area contributed by atoms with E-state index in [2.05, 4.69) is 10.3 Å². The Kier molecular flexibility index (Phi) is 2.82. The Bertz CT molecular complexity index is 550. The minimum Gasteiger partial charge on any atom is -0.507 e. The summed E-state index contributed by atoms with van der Waals surface area (Å²) >= 11 is 0. The molecule has 2 rings (SSSR count). The zero-order chi connectivity index (χ0) is 11.4. The first-order valence-electron chi connectivity index (χ1n) is 4.76. The van der Waals surface area contributed by atoms with Gasteiger partial charge in [0.2, 0.25) is 6.41 Å². The second-order valence-electron chi connectivity index (χ2n) is 3.19. The number of benzene rings is 1. The van der Waals surface area contributed by atoms with Crippen molar-refractivity contribution in [1.82, 2.24) is 10.3 Å². The highest BCUT2D eigenvalue weighted by molar-refractivity contribution is 5.93. The Morgan fingerprint density at radius 3 is 2.94 bits per heavy atom. The van der Waals surface area contributed by atoms with Gasteiger partial charge in [-0.3, -0.25) is 9.78 Å². The molecular weight excluding hydrogens is 204 g/mol. The number of nitrogens with zero attached hydrogens (tertiary/aromatic N) is 1. The largest absolute Gasteiger partial charge is 0.507 e. The topological polar surface area (TPSA) is 62.2 Å². The van der Waals surface area contributed by atoms with E-state index < -0.39 is 0 Å². The molecule has 1 amide bonds. The first kappa shape index (κ1) is 10.2. The van der Waals surface area contributed by atoms with Crippen LogP contribution in [0, 0.1) is 0 Å². The molecule has 0 aliphatic rings. The van der Waals surface area contributed by atoms with E-state index >= 15 is 0 Å². The minimum atomic E-state index is 0.220. The number of aromatic hydroxyl groups is 1. The van der Waals surface area contributed by atoms with Gasteiger partial charge < -0.3 is 10.4 Å². The van der Waals surface area contributed by atoms with E-state index in [-0.39, 0.29) is 5.75 Å². The average molecular weight is 214 g/mol. The molecule has 0 saturated carbocycles. The predicted molar refractivity (Wildman–Crippen MR) is 61.6 cm³/mol. The van der Waals surface area contributed by atoms with Gasteiger partial charge in [-0.2, -0.15) is 0 Å². The van der Waals surface area contributed by atoms with Crippen LogP contribution >= 0.6 is 0 Å². The summed E-state index contributed by atoms with van der Waals surface area (Å²) in [5, 5.41) is 13.6. The maximum absolute atomic E-state index is 10.1. The number of fused-ring (bicyclic) bond motifs is 1. The Hall–Kier alpha value is -2.36. The summed E-state index contributed by atoms with van der Waals surface area (Å²) in [7, 11) is 0. The monoisotopic (exact) mass is 214 g/mol. The third-order valence-electron chi connectivity index (χ3n) is 2.22. The quantitative estimate of drug-likeness (QED) is 0.764. The molecule has 0 fully saturated rings. The van der Waals surface area contributed by atoms with Crippen LogP contribution in [0.3, 0.4) is 0 Å². The Morgan fingerprint density at radius 1 is 1.25 bits per heavy atom. The summed E-state index contributed by atoms with van der Waals surface area (Å²) in [5.41, 5.74) is 0.697. The van der Waals surface area contributed by atoms with Crippen LogP contribution in [0.25, 0.3) is 16.8 Å². The molecule has 4 nitrogen and oxygen atoms in total. The number of phenols is 1. The summed E-state index contributed by atoms with van der Waals surface area (Å²) in [6.45, 7) is 0. The smallest absolute Gasteiger partial charge is 0.211 e. The van der Waals surface area contributed by atoms with Gasteiger partial charge in [0, 0.05) is 23.2 Å². The molecule has 1 heterocycles. The lowest BCUT2D eigenvalue weighted by molar-refractivity contribution is -0.108. The molecule has 1 aromatic heterocycles. The first-order chi connectivity index (χ1) is 7.83. The number of carbonyl (C=O) groups is 1. The number of aromatic nitrogens is 1. The Morgan fingerprint density at radius 2 is 2.12 bits per heavy atom. The van der Waals surface area contributed by atoms with Gasteiger partial charge in [0.05, 0.1) is 5.69 Å². The fourth-order valence-corrected chi connectivity index (χ4v) is 1.51. The van der Waals surface area contributed by atoms with Gasteiger partial charge in [0.15, 0.2) is 0 Å². The van der Waals surface area contributed by atoms with E-state index in [0.29, 0.717) is 12.1 Å². The van der Waals surface area contributed by atoms with Gasteiger partial charge in [0.25, 0.3) is 0 Å². The molecule has 0 aliphatic carbocycles. The second kappa shape index (κ2) is 4.44. The van der Waals surface area contributed by atoms with Gasteiger partial charge in [0.1, 0.15) is 5.75 Å². The number of phenolic OH excluding ortho intramolecular Hbond substituents is 1. The molecule has 1 aromatic carbocycles. The summed E-state index contributed by atoms with van der Waals surface area (Å²) in [4.78, 5) is 14.3. The highest BCUT2D eigenvalue weighted by Gasteiger charge is 2.02. The normalized spacial score (nSPS) is 10.8. The van der Waals surface area contributed by atoms with E-state index in [4.69, 9.17) is 0 Å². The molecule has 0 unspecified atom stereocenters. The van der Waals surface area contributed by atoms with E-state index in [1.54, 1.807) is 30.5 Å². The number of rotatable bonds is 3. The molecule has 0 radical (unpaired) electrons. The van der Waals surface area contributed by atoms with E-state index in [0.717, 1.165) is 10.8 Å². The molecule has 2 N–H and O–H groups in total. The highest BCUT2D eigenvalue weighted by Crippen LogP contribution is 2.25. The van der Waals surface area contributed by atoms with Gasteiger partial charge in [-0.05, 0) is 18.2 Å². The second-order valence-corrected chi connectivity index (χ2v) is 3.19. The molecule has 0 bridgehead atoms. The van der Waals surface area contributed by atoms with Crippen molar-refractivity contribution in [3.63, 3.8) is 0 Å². The zero-order valence-corrected chi connectivity index (χ0v) is 8.42. The maximum Gasteiger partial charge on any atom is 0.211 e. The van der Waals surface area contributed by atoms with Crippen molar-refractivity contribution in [3.8, 4) is 5.75 Å². The van der Waals surface area contributed by atoms with Crippen LogP contribution in [-0.2, 0) is 4.79 Å². The predicted octanol–water partition coefficient (Wildman–Crippen LogP) is 1.66. The summed E-state index contributed by atoms with van der Waals surface area (Å²) in [5.74, 6) is 0.220. The zero-order valence-electron chi connectivity index (χ0n) is 8.42. The van der Waals surface area contributed by atoms with Crippen LogP contribution in [-0.4, -0.2) is 16.5 Å². The number of amides is 1. The van der Waals surface area contributed by atoms with E-state index in [1.807, 2.05) is 6.07 Å². The number of hydrogen-bond donors (Lipinski definition) is 2. The standard InChI is InChI=1S/C12H10N2O2/c15-8-13-6-5-11-9-2-1-3-12(16)10(9)4-7-14-11/h1-8,16H,(H,13,15)/b6-5+. The van der Waals surface area contributed by atoms with Crippen LogP contribution in [0.2, 0.25) is 0 Å². The number of hydrogen-bond acceptors (Lipinski definition) is 3. The molecule has 0 aliphatic heterocycles. The molecule has 0 atom stereocenters. The van der Waals surface area contributed by atoms with Crippen molar-refractivity contribution in [2.75, 3.05) is 0 Å². The molecule has 16 heavy (non-hydrogen) atoms. The number of pyridine rings is 1. The minimum absolute atomic E-state index is 0.220.